The van der Waals surface area contributed by atoms with Gasteiger partial charge in [0.15, 0.2) is 0 Å². The van der Waals surface area contributed by atoms with Gasteiger partial charge in [-0.3, -0.25) is 4.79 Å². The Kier molecular flexibility index (Phi) is 6.66. The molecule has 0 N–H and O–H groups in total. The highest BCUT2D eigenvalue weighted by molar-refractivity contribution is 7.17. The number of benzene rings is 1. The fourth-order valence-electron chi connectivity index (χ4n) is 3.62. The van der Waals surface area contributed by atoms with Gasteiger partial charge in [-0.1, -0.05) is 31.5 Å². The molecule has 1 aliphatic rings. The van der Waals surface area contributed by atoms with Crippen LogP contribution in [-0.2, 0) is 0 Å². The molecule has 1 aliphatic heterocycles. The maximum atomic E-state index is 13.2. The molecule has 0 radical (unpaired) electrons. The third-order valence-corrected chi connectivity index (χ3v) is 6.71. The van der Waals surface area contributed by atoms with Crippen LogP contribution in [0.25, 0.3) is 10.6 Å². The summed E-state index contributed by atoms with van der Waals surface area (Å²) in [6.07, 6.45) is 3.51. The summed E-state index contributed by atoms with van der Waals surface area (Å²) in [6.45, 7) is 13.3. The van der Waals surface area contributed by atoms with E-state index in [1.807, 2.05) is 11.8 Å². The zero-order valence-corrected chi connectivity index (χ0v) is 17.9. The van der Waals surface area contributed by atoms with Gasteiger partial charge in [0.05, 0.1) is 5.69 Å². The van der Waals surface area contributed by atoms with E-state index >= 15 is 0 Å². The van der Waals surface area contributed by atoms with Crippen LogP contribution in [0, 0.1) is 20.8 Å². The van der Waals surface area contributed by atoms with Crippen molar-refractivity contribution >= 4 is 17.2 Å². The maximum absolute atomic E-state index is 13.2. The molecule has 5 heteroatoms. The Labute approximate surface area is 167 Å². The first-order chi connectivity index (χ1) is 13.0. The molecule has 4 nitrogen and oxygen atoms in total. The minimum absolute atomic E-state index is 0.152. The number of aromatic nitrogens is 1. The number of carbonyl (C=O) groups is 1. The molecule has 0 unspecified atom stereocenters. The Morgan fingerprint density at radius 2 is 1.96 bits per heavy atom. The summed E-state index contributed by atoms with van der Waals surface area (Å²) >= 11 is 1.54. The van der Waals surface area contributed by atoms with Crippen LogP contribution in [0.15, 0.2) is 18.2 Å². The first-order valence-corrected chi connectivity index (χ1v) is 10.9. The predicted octanol–water partition coefficient (Wildman–Crippen LogP) is 4.68. The lowest BCUT2D eigenvalue weighted by Gasteiger charge is -2.21. The number of thiazole rings is 1. The highest BCUT2D eigenvalue weighted by Crippen LogP contribution is 2.32. The second-order valence-electron chi connectivity index (χ2n) is 7.52. The predicted molar refractivity (Wildman–Crippen MR) is 114 cm³/mol. The van der Waals surface area contributed by atoms with Crippen LogP contribution in [0.4, 0.5) is 0 Å². The largest absolute Gasteiger partial charge is 0.337 e. The highest BCUT2D eigenvalue weighted by Gasteiger charge is 2.24. The van der Waals surface area contributed by atoms with E-state index in [1.165, 1.54) is 24.0 Å². The van der Waals surface area contributed by atoms with Crippen molar-refractivity contribution in [1.82, 2.24) is 14.8 Å². The average Bonchev–Trinajstić information content (AvgIpc) is 2.89. The van der Waals surface area contributed by atoms with Crippen LogP contribution in [0.5, 0.6) is 0 Å². The van der Waals surface area contributed by atoms with Gasteiger partial charge in [-0.05, 0) is 57.8 Å². The standard InChI is InChI=1S/C22H31N3OS/c1-5-6-11-24-12-8-13-25(15-14-24)22(26)20-18(4)23-21(27-20)19-10-7-9-16(2)17(19)3/h7,9-10H,5-6,8,11-15H2,1-4H3. The molecule has 0 spiro atoms. The van der Waals surface area contributed by atoms with Gasteiger partial charge in [-0.25, -0.2) is 4.98 Å². The normalized spacial score (nSPS) is 15.8. The van der Waals surface area contributed by atoms with E-state index in [4.69, 9.17) is 4.98 Å². The maximum Gasteiger partial charge on any atom is 0.265 e. The summed E-state index contributed by atoms with van der Waals surface area (Å²) < 4.78 is 0. The first kappa shape index (κ1) is 20.0. The molecule has 0 aliphatic carbocycles. The van der Waals surface area contributed by atoms with E-state index in [1.54, 1.807) is 11.3 Å². The van der Waals surface area contributed by atoms with E-state index in [-0.39, 0.29) is 5.91 Å². The minimum Gasteiger partial charge on any atom is -0.337 e. The molecule has 27 heavy (non-hydrogen) atoms. The topological polar surface area (TPSA) is 36.4 Å². The summed E-state index contributed by atoms with van der Waals surface area (Å²) in [7, 11) is 0. The molecule has 1 saturated heterocycles. The molecule has 1 amide bonds. The molecule has 1 aromatic carbocycles. The molecule has 2 heterocycles. The molecule has 1 aromatic heterocycles. The number of carbonyl (C=O) groups excluding carboxylic acids is 1. The SMILES string of the molecule is CCCCN1CCCN(C(=O)c2sc(-c3cccc(C)c3C)nc2C)CC1. The van der Waals surface area contributed by atoms with Crippen molar-refractivity contribution < 1.29 is 4.79 Å². The average molecular weight is 386 g/mol. The number of rotatable bonds is 5. The Morgan fingerprint density at radius 3 is 2.74 bits per heavy atom. The van der Waals surface area contributed by atoms with E-state index < -0.39 is 0 Å². The van der Waals surface area contributed by atoms with Gasteiger partial charge in [0.2, 0.25) is 0 Å². The van der Waals surface area contributed by atoms with Crippen molar-refractivity contribution in [3.63, 3.8) is 0 Å². The van der Waals surface area contributed by atoms with Gasteiger partial charge in [0.25, 0.3) is 5.91 Å². The van der Waals surface area contributed by atoms with Crippen molar-refractivity contribution in [3.8, 4) is 10.6 Å². The van der Waals surface area contributed by atoms with Crippen LogP contribution in [0.2, 0.25) is 0 Å². The number of unbranched alkanes of at least 4 members (excludes halogenated alkanes) is 1. The number of hydrogen-bond donors (Lipinski definition) is 0. The van der Waals surface area contributed by atoms with E-state index in [0.717, 1.165) is 60.3 Å². The molecule has 0 atom stereocenters. The summed E-state index contributed by atoms with van der Waals surface area (Å²) in [5.74, 6) is 0.152. The van der Waals surface area contributed by atoms with Gasteiger partial charge in [-0.2, -0.15) is 0 Å². The van der Waals surface area contributed by atoms with Crippen molar-refractivity contribution in [2.24, 2.45) is 0 Å². The molecular weight excluding hydrogens is 354 g/mol. The molecule has 1 fully saturated rings. The fourth-order valence-corrected chi connectivity index (χ4v) is 4.73. The number of nitrogens with zero attached hydrogens (tertiary/aromatic N) is 3. The van der Waals surface area contributed by atoms with Gasteiger partial charge < -0.3 is 9.80 Å². The molecule has 0 bridgehead atoms. The fraction of sp³-hybridized carbons (Fsp3) is 0.545. The van der Waals surface area contributed by atoms with Crippen LogP contribution < -0.4 is 0 Å². The number of amides is 1. The van der Waals surface area contributed by atoms with Crippen molar-refractivity contribution in [1.29, 1.82) is 0 Å². The van der Waals surface area contributed by atoms with Gasteiger partial charge in [0.1, 0.15) is 9.88 Å². The molecule has 3 rings (SSSR count). The Morgan fingerprint density at radius 1 is 1.15 bits per heavy atom. The summed E-state index contributed by atoms with van der Waals surface area (Å²) in [6, 6.07) is 6.29. The lowest BCUT2D eigenvalue weighted by molar-refractivity contribution is 0.0765. The Balaban J connectivity index is 1.76. The quantitative estimate of drug-likeness (QED) is 0.749. The highest BCUT2D eigenvalue weighted by atomic mass is 32.1. The van der Waals surface area contributed by atoms with E-state index in [0.29, 0.717) is 0 Å². The second kappa shape index (κ2) is 8.98. The monoisotopic (exact) mass is 385 g/mol. The second-order valence-corrected chi connectivity index (χ2v) is 8.52. The number of hydrogen-bond acceptors (Lipinski definition) is 4. The Hall–Kier alpha value is -1.72. The Bertz CT molecular complexity index is 799. The lowest BCUT2D eigenvalue weighted by Crippen LogP contribution is -2.35. The van der Waals surface area contributed by atoms with Crippen LogP contribution >= 0.6 is 11.3 Å². The van der Waals surface area contributed by atoms with Crippen LogP contribution in [0.1, 0.15) is 52.7 Å². The molecular formula is C22H31N3OS. The summed E-state index contributed by atoms with van der Waals surface area (Å²) in [4.78, 5) is 23.2. The zero-order chi connectivity index (χ0) is 19.4. The zero-order valence-electron chi connectivity index (χ0n) is 17.0. The van der Waals surface area contributed by atoms with Crippen LogP contribution in [0.3, 0.4) is 0 Å². The van der Waals surface area contributed by atoms with Gasteiger partial charge in [0, 0.05) is 25.2 Å². The minimum atomic E-state index is 0.152. The van der Waals surface area contributed by atoms with Crippen molar-refractivity contribution in [2.45, 2.75) is 47.0 Å². The lowest BCUT2D eigenvalue weighted by atomic mass is 10.0. The third-order valence-electron chi connectivity index (χ3n) is 5.53. The third kappa shape index (κ3) is 4.58. The molecule has 2 aromatic rings. The first-order valence-electron chi connectivity index (χ1n) is 10.1. The molecule has 146 valence electrons. The number of aryl methyl sites for hydroxylation is 2. The van der Waals surface area contributed by atoms with Gasteiger partial charge >= 0.3 is 0 Å². The molecule has 0 saturated carbocycles. The smallest absolute Gasteiger partial charge is 0.265 e. The van der Waals surface area contributed by atoms with Crippen molar-refractivity contribution in [3.05, 3.63) is 39.9 Å². The van der Waals surface area contributed by atoms with E-state index in [2.05, 4.69) is 43.9 Å². The van der Waals surface area contributed by atoms with E-state index in [9.17, 15) is 4.79 Å². The summed E-state index contributed by atoms with van der Waals surface area (Å²) in [5.41, 5.74) is 4.50. The van der Waals surface area contributed by atoms with Crippen molar-refractivity contribution in [2.75, 3.05) is 32.7 Å². The van der Waals surface area contributed by atoms with Gasteiger partial charge in [-0.15, -0.1) is 11.3 Å². The summed E-state index contributed by atoms with van der Waals surface area (Å²) in [5, 5.41) is 0.955. The van der Waals surface area contributed by atoms with Crippen LogP contribution in [-0.4, -0.2) is 53.4 Å².